The molecule has 0 N–H and O–H groups in total. The number of benzene rings is 11. The van der Waals surface area contributed by atoms with E-state index in [-0.39, 0.29) is 0 Å². The lowest BCUT2D eigenvalue weighted by atomic mass is 9.93. The molecule has 16 rings (SSSR count). The van der Waals surface area contributed by atoms with E-state index in [0.717, 1.165) is 68.3 Å². The Labute approximate surface area is 420 Å². The Morgan fingerprint density at radius 3 is 1.93 bits per heavy atom. The van der Waals surface area contributed by atoms with E-state index in [4.69, 9.17) is 14.4 Å². The number of aromatic nitrogens is 1. The summed E-state index contributed by atoms with van der Waals surface area (Å²) in [4.78, 5) is 11.5. The molecule has 0 saturated heterocycles. The third-order valence-corrected chi connectivity index (χ3v) is 17.4. The van der Waals surface area contributed by atoms with Crippen LogP contribution in [0.4, 0.5) is 0 Å². The summed E-state index contributed by atoms with van der Waals surface area (Å²) in [6, 6.07) is 75.3. The standard InChI is InChI=1S/C66H39N3OS2/c1-2-16-40-35-55-51(34-39(40)15-1)61-43-17-4-3-14-38(43)30-33-54(61)69(55)64-49-21-6-5-20-48(49)62(63-50-22-9-12-27-59(50)72-65(63)64)53-24-13-23-52(41-28-32-47-46-19-8-11-26-58(46)71-60(47)37-41)67-66(68-53)42-29-31-45-44-18-7-10-25-56(44)70-57(45)36-42/h1-12,14-22,24-37H,13,23H2. The quantitative estimate of drug-likeness (QED) is 0.173. The number of aliphatic imine (C=N–C) groups is 2. The molecule has 336 valence electrons. The van der Waals surface area contributed by atoms with Crippen LogP contribution >= 0.6 is 22.7 Å². The van der Waals surface area contributed by atoms with Crippen molar-refractivity contribution in [3.63, 3.8) is 0 Å². The molecule has 5 heterocycles. The molecule has 0 unspecified atom stereocenters. The minimum Gasteiger partial charge on any atom is -0.456 e. The van der Waals surface area contributed by atoms with E-state index in [2.05, 4.69) is 205 Å². The molecular weight excluding hydrogens is 915 g/mol. The Morgan fingerprint density at radius 1 is 0.417 bits per heavy atom. The second kappa shape index (κ2) is 15.4. The summed E-state index contributed by atoms with van der Waals surface area (Å²) >= 11 is 3.72. The largest absolute Gasteiger partial charge is 0.456 e. The molecule has 0 bridgehead atoms. The van der Waals surface area contributed by atoms with E-state index in [9.17, 15) is 0 Å². The van der Waals surface area contributed by atoms with Crippen molar-refractivity contribution in [2.24, 2.45) is 9.98 Å². The van der Waals surface area contributed by atoms with Crippen LogP contribution in [0.3, 0.4) is 0 Å². The van der Waals surface area contributed by atoms with E-state index < -0.39 is 0 Å². The van der Waals surface area contributed by atoms with Gasteiger partial charge in [-0.15, -0.1) is 22.7 Å². The van der Waals surface area contributed by atoms with Crippen LogP contribution in [0.25, 0.3) is 128 Å². The Balaban J connectivity index is 0.984. The zero-order valence-electron chi connectivity index (χ0n) is 38.7. The van der Waals surface area contributed by atoms with Gasteiger partial charge < -0.3 is 8.98 Å². The van der Waals surface area contributed by atoms with Gasteiger partial charge in [-0.2, -0.15) is 0 Å². The molecule has 72 heavy (non-hydrogen) atoms. The molecule has 4 nitrogen and oxygen atoms in total. The molecule has 0 atom stereocenters. The highest BCUT2D eigenvalue weighted by molar-refractivity contribution is 7.26. The monoisotopic (exact) mass is 953 g/mol. The van der Waals surface area contributed by atoms with Crippen molar-refractivity contribution in [2.45, 2.75) is 12.8 Å². The summed E-state index contributed by atoms with van der Waals surface area (Å²) in [5.74, 6) is 0.664. The first-order chi connectivity index (χ1) is 35.7. The zero-order valence-corrected chi connectivity index (χ0v) is 40.3. The van der Waals surface area contributed by atoms with Gasteiger partial charge in [-0.05, 0) is 99.9 Å². The number of rotatable bonds is 4. The van der Waals surface area contributed by atoms with Crippen molar-refractivity contribution in [3.05, 3.63) is 229 Å². The molecule has 0 spiro atoms. The molecule has 4 aromatic heterocycles. The smallest absolute Gasteiger partial charge is 0.160 e. The van der Waals surface area contributed by atoms with Gasteiger partial charge in [0.2, 0.25) is 0 Å². The lowest BCUT2D eigenvalue weighted by molar-refractivity contribution is 0.669. The van der Waals surface area contributed by atoms with Gasteiger partial charge in [0.1, 0.15) is 11.2 Å². The molecule has 0 radical (unpaired) electrons. The first-order valence-electron chi connectivity index (χ1n) is 24.6. The maximum Gasteiger partial charge on any atom is 0.160 e. The fourth-order valence-corrected chi connectivity index (χ4v) is 14.2. The maximum atomic E-state index is 6.53. The Morgan fingerprint density at radius 2 is 1.07 bits per heavy atom. The minimum atomic E-state index is 0.664. The number of para-hydroxylation sites is 1. The van der Waals surface area contributed by atoms with E-state index in [1.807, 2.05) is 34.8 Å². The predicted octanol–water partition coefficient (Wildman–Crippen LogP) is 18.9. The topological polar surface area (TPSA) is 42.8 Å². The summed E-state index contributed by atoms with van der Waals surface area (Å²) < 4.78 is 14.1. The van der Waals surface area contributed by atoms with Crippen LogP contribution in [0.5, 0.6) is 0 Å². The molecule has 1 aliphatic rings. The van der Waals surface area contributed by atoms with Crippen LogP contribution in [0.1, 0.15) is 29.5 Å². The molecule has 0 aliphatic carbocycles. The molecule has 11 aromatic carbocycles. The number of hydrogen-bond acceptors (Lipinski definition) is 5. The van der Waals surface area contributed by atoms with Crippen LogP contribution < -0.4 is 0 Å². The first-order valence-corrected chi connectivity index (χ1v) is 26.2. The molecule has 6 heteroatoms. The summed E-state index contributed by atoms with van der Waals surface area (Å²) in [7, 11) is 0. The molecule has 15 aromatic rings. The van der Waals surface area contributed by atoms with Gasteiger partial charge in [-0.3, -0.25) is 0 Å². The van der Waals surface area contributed by atoms with Crippen molar-refractivity contribution >= 4 is 156 Å². The number of thiophene rings is 2. The van der Waals surface area contributed by atoms with E-state index >= 15 is 0 Å². The normalized spacial score (nSPS) is 13.7. The number of nitrogens with zero attached hydrogens (tertiary/aromatic N) is 3. The van der Waals surface area contributed by atoms with Crippen LogP contribution in [0, 0.1) is 0 Å². The third kappa shape index (κ3) is 5.91. The number of furan rings is 1. The molecule has 0 fully saturated rings. The van der Waals surface area contributed by atoms with Crippen molar-refractivity contribution in [2.75, 3.05) is 0 Å². The molecular formula is C66H39N3OS2. The van der Waals surface area contributed by atoms with E-state index in [0.29, 0.717) is 5.84 Å². The molecule has 0 amide bonds. The zero-order chi connectivity index (χ0) is 47.0. The Kier molecular flexibility index (Phi) is 8.58. The van der Waals surface area contributed by atoms with Crippen LogP contribution in [-0.4, -0.2) is 16.1 Å². The van der Waals surface area contributed by atoms with Gasteiger partial charge in [0.05, 0.1) is 32.8 Å². The van der Waals surface area contributed by atoms with E-state index in [1.54, 1.807) is 0 Å². The van der Waals surface area contributed by atoms with Gasteiger partial charge in [-0.1, -0.05) is 158 Å². The summed E-state index contributed by atoms with van der Waals surface area (Å²) in [6.07, 6.45) is 3.89. The molecule has 1 aliphatic heterocycles. The highest BCUT2D eigenvalue weighted by Crippen LogP contribution is 2.50. The van der Waals surface area contributed by atoms with Crippen molar-refractivity contribution in [1.82, 2.24) is 4.57 Å². The second-order valence-electron chi connectivity index (χ2n) is 19.0. The van der Waals surface area contributed by atoms with Gasteiger partial charge in [0.25, 0.3) is 0 Å². The fraction of sp³-hybridized carbons (Fsp3) is 0.0303. The van der Waals surface area contributed by atoms with Crippen LogP contribution in [0.15, 0.2) is 227 Å². The third-order valence-electron chi connectivity index (χ3n) is 15.0. The second-order valence-corrected chi connectivity index (χ2v) is 21.2. The predicted molar refractivity (Wildman–Crippen MR) is 310 cm³/mol. The Bertz CT molecular complexity index is 4940. The lowest BCUT2D eigenvalue weighted by Gasteiger charge is -2.19. The van der Waals surface area contributed by atoms with Crippen molar-refractivity contribution in [3.8, 4) is 5.69 Å². The average Bonchev–Trinajstić information content (AvgIpc) is 4.19. The maximum absolute atomic E-state index is 6.53. The number of fused-ring (bicyclic) bond motifs is 16. The summed E-state index contributed by atoms with van der Waals surface area (Å²) in [5.41, 5.74) is 10.4. The van der Waals surface area contributed by atoms with Gasteiger partial charge in [-0.25, -0.2) is 9.98 Å². The molecule has 0 saturated carbocycles. The first kappa shape index (κ1) is 40.1. The average molecular weight is 954 g/mol. The number of allylic oxidation sites excluding steroid dienone is 1. The lowest BCUT2D eigenvalue weighted by Crippen LogP contribution is -2.09. The minimum absolute atomic E-state index is 0.664. The van der Waals surface area contributed by atoms with Gasteiger partial charge in [0, 0.05) is 73.7 Å². The highest BCUT2D eigenvalue weighted by Gasteiger charge is 2.26. The highest BCUT2D eigenvalue weighted by atomic mass is 32.1. The fourth-order valence-electron chi connectivity index (χ4n) is 11.8. The number of amidine groups is 1. The number of hydrogen-bond donors (Lipinski definition) is 0. The summed E-state index contributed by atoms with van der Waals surface area (Å²) in [5, 5.41) is 17.0. The van der Waals surface area contributed by atoms with Crippen LogP contribution in [0.2, 0.25) is 0 Å². The van der Waals surface area contributed by atoms with Crippen molar-refractivity contribution in [1.29, 1.82) is 0 Å². The Hall–Kier alpha value is -8.68. The SMILES string of the molecule is C1=C(c2c3ccccc3c(-n3c4cc5ccccc5cc4c4c5ccccc5ccc43)c3sc4ccccc4c23)N=C(c2ccc3c(c2)oc2ccccc23)N=C(c2ccc3c(c2)sc2ccccc23)CC1. The van der Waals surface area contributed by atoms with E-state index in [1.165, 1.54) is 94.8 Å². The summed E-state index contributed by atoms with van der Waals surface area (Å²) in [6.45, 7) is 0. The van der Waals surface area contributed by atoms with Gasteiger partial charge >= 0.3 is 0 Å². The van der Waals surface area contributed by atoms with Crippen LogP contribution in [-0.2, 0) is 0 Å². The van der Waals surface area contributed by atoms with Crippen molar-refractivity contribution < 1.29 is 4.42 Å². The van der Waals surface area contributed by atoms with Gasteiger partial charge in [0.15, 0.2) is 5.84 Å².